The van der Waals surface area contributed by atoms with Gasteiger partial charge in [-0.1, -0.05) is 56.3 Å². The Morgan fingerprint density at radius 2 is 1.68 bits per heavy atom. The Kier molecular flexibility index (Phi) is 10.0. The molecule has 0 aliphatic carbocycles. The first-order valence-electron chi connectivity index (χ1n) is 12.8. The zero-order chi connectivity index (χ0) is 27.8. The maximum Gasteiger partial charge on any atom is 0.247 e. The van der Waals surface area contributed by atoms with Crippen LogP contribution >= 0.6 is 0 Å². The number of aliphatic hydroxyl groups excluding tert-OH is 1. The minimum atomic E-state index is -1.22. The summed E-state index contributed by atoms with van der Waals surface area (Å²) < 4.78 is 6.35. The fraction of sp³-hybridized carbons (Fsp3) is 0.414. The van der Waals surface area contributed by atoms with Crippen LogP contribution in [-0.4, -0.2) is 66.1 Å². The van der Waals surface area contributed by atoms with Crippen LogP contribution in [0.5, 0.6) is 5.75 Å². The average Bonchev–Trinajstić information content (AvgIpc) is 2.85. The van der Waals surface area contributed by atoms with Gasteiger partial charge in [-0.25, -0.2) is 0 Å². The summed E-state index contributed by atoms with van der Waals surface area (Å²) in [6.07, 6.45) is 1.77. The normalized spacial score (nSPS) is 21.7. The molecule has 0 saturated carbocycles. The van der Waals surface area contributed by atoms with Crippen molar-refractivity contribution < 1.29 is 24.2 Å². The number of nitrogens with zero attached hydrogens (tertiary/aromatic N) is 1. The van der Waals surface area contributed by atoms with Crippen molar-refractivity contribution in [2.45, 2.75) is 57.5 Å². The van der Waals surface area contributed by atoms with E-state index in [0.717, 1.165) is 5.56 Å². The number of hydrogen-bond donors (Lipinski definition) is 4. The second kappa shape index (κ2) is 13.2. The Labute approximate surface area is 224 Å². The number of rotatable bonds is 7. The van der Waals surface area contributed by atoms with Gasteiger partial charge in [0.1, 0.15) is 23.9 Å². The summed E-state index contributed by atoms with van der Waals surface area (Å²) >= 11 is 0. The largest absolute Gasteiger partial charge is 0.483 e. The predicted molar refractivity (Wildman–Crippen MR) is 146 cm³/mol. The van der Waals surface area contributed by atoms with Crippen molar-refractivity contribution in [1.82, 2.24) is 20.9 Å². The molecule has 38 heavy (non-hydrogen) atoms. The molecule has 2 aromatic carbocycles. The highest BCUT2D eigenvalue weighted by Gasteiger charge is 2.38. The fourth-order valence-corrected chi connectivity index (χ4v) is 4.46. The lowest BCUT2D eigenvalue weighted by molar-refractivity contribution is -0.137. The van der Waals surface area contributed by atoms with Crippen LogP contribution in [0.3, 0.4) is 0 Å². The molecule has 5 atom stereocenters. The van der Waals surface area contributed by atoms with E-state index in [0.29, 0.717) is 17.7 Å². The van der Waals surface area contributed by atoms with E-state index < -0.39 is 42.1 Å². The number of aliphatic hydroxyl groups is 1. The van der Waals surface area contributed by atoms with Crippen molar-refractivity contribution in [2.75, 3.05) is 14.1 Å². The van der Waals surface area contributed by atoms with E-state index in [2.05, 4.69) is 16.0 Å². The summed E-state index contributed by atoms with van der Waals surface area (Å²) in [5, 5.41) is 18.7. The molecular formula is C29H38N4O5. The number of nitrogens with one attached hydrogen (secondary N) is 3. The maximum absolute atomic E-state index is 13.9. The smallest absolute Gasteiger partial charge is 0.247 e. The zero-order valence-electron chi connectivity index (χ0n) is 22.5. The molecule has 4 rings (SSSR count). The molecule has 2 aromatic rings. The van der Waals surface area contributed by atoms with Gasteiger partial charge in [-0.3, -0.25) is 19.3 Å². The van der Waals surface area contributed by atoms with Crippen LogP contribution in [-0.2, 0) is 14.4 Å². The first-order chi connectivity index (χ1) is 18.1. The summed E-state index contributed by atoms with van der Waals surface area (Å²) in [4.78, 5) is 41.9. The molecule has 0 saturated heterocycles. The van der Waals surface area contributed by atoms with Crippen LogP contribution in [0.2, 0.25) is 0 Å². The molecule has 2 heterocycles. The average molecular weight is 523 g/mol. The molecule has 0 unspecified atom stereocenters. The number of carbonyl (C=O) groups excluding carboxylic acids is 3. The number of fused-ring (bicyclic) bond motifs is 10. The lowest BCUT2D eigenvalue weighted by atomic mass is 9.98. The van der Waals surface area contributed by atoms with Crippen LogP contribution in [0.1, 0.15) is 44.4 Å². The van der Waals surface area contributed by atoms with Crippen molar-refractivity contribution >= 4 is 23.8 Å². The summed E-state index contributed by atoms with van der Waals surface area (Å²) in [6, 6.07) is 13.3. The third-order valence-electron chi connectivity index (χ3n) is 6.28. The van der Waals surface area contributed by atoms with Crippen LogP contribution in [0.25, 0.3) is 6.08 Å². The second-order valence-electron chi connectivity index (χ2n) is 10.2. The van der Waals surface area contributed by atoms with E-state index in [1.165, 1.54) is 6.92 Å². The minimum Gasteiger partial charge on any atom is -0.483 e. The first kappa shape index (κ1) is 28.9. The Morgan fingerprint density at radius 3 is 2.26 bits per heavy atom. The van der Waals surface area contributed by atoms with Crippen LogP contribution < -0.4 is 20.7 Å². The molecule has 204 valence electrons. The monoisotopic (exact) mass is 522 g/mol. The van der Waals surface area contributed by atoms with E-state index >= 15 is 0 Å². The number of likely N-dealkylation sites (N-methyl/N-ethyl adjacent to an activating group) is 1. The molecule has 3 amide bonds. The topological polar surface area (TPSA) is 120 Å². The lowest BCUT2D eigenvalue weighted by Crippen LogP contribution is -2.60. The molecule has 0 fully saturated rings. The van der Waals surface area contributed by atoms with Gasteiger partial charge in [0, 0.05) is 6.20 Å². The summed E-state index contributed by atoms with van der Waals surface area (Å²) in [7, 11) is 3.35. The molecule has 9 heteroatoms. The number of benzene rings is 2. The van der Waals surface area contributed by atoms with Crippen molar-refractivity contribution in [1.29, 1.82) is 0 Å². The quantitative estimate of drug-likeness (QED) is 0.443. The van der Waals surface area contributed by atoms with Crippen molar-refractivity contribution in [3.8, 4) is 5.75 Å². The maximum atomic E-state index is 13.9. The summed E-state index contributed by atoms with van der Waals surface area (Å²) in [5.74, 6) is -0.868. The van der Waals surface area contributed by atoms with E-state index in [1.54, 1.807) is 43.4 Å². The van der Waals surface area contributed by atoms with Gasteiger partial charge in [0.05, 0.1) is 6.10 Å². The number of ether oxygens (including phenoxy) is 1. The SMILES string of the molecule is CC(C)C[C@H]1NC(=O)[C@H](NC(=O)[C@H]([C@H](C)O)N(C)C)[C@@H](c2ccccc2)Oc2ccc(cc2)C=CNC1=O. The Hall–Kier alpha value is -3.69. The fourth-order valence-electron chi connectivity index (χ4n) is 4.46. The Balaban J connectivity index is 2.11. The molecule has 0 radical (unpaired) electrons. The van der Waals surface area contributed by atoms with E-state index in [9.17, 15) is 19.5 Å². The first-order valence-corrected chi connectivity index (χ1v) is 12.8. The van der Waals surface area contributed by atoms with Crippen LogP contribution in [0.4, 0.5) is 0 Å². The van der Waals surface area contributed by atoms with E-state index in [-0.39, 0.29) is 11.8 Å². The summed E-state index contributed by atoms with van der Waals surface area (Å²) in [6.45, 7) is 5.43. The van der Waals surface area contributed by atoms with Gasteiger partial charge in [-0.05, 0) is 62.7 Å². The molecule has 4 N–H and O–H groups in total. The molecule has 2 aliphatic heterocycles. The van der Waals surface area contributed by atoms with Crippen LogP contribution in [0.15, 0.2) is 60.8 Å². The Morgan fingerprint density at radius 1 is 1.03 bits per heavy atom. The number of hydrogen-bond acceptors (Lipinski definition) is 6. The van der Waals surface area contributed by atoms with E-state index in [4.69, 9.17) is 4.74 Å². The highest BCUT2D eigenvalue weighted by molar-refractivity contribution is 5.94. The molecule has 9 nitrogen and oxygen atoms in total. The molecule has 2 aliphatic rings. The third kappa shape index (κ3) is 7.66. The number of amides is 3. The van der Waals surface area contributed by atoms with Crippen molar-refractivity contribution in [2.24, 2.45) is 5.92 Å². The lowest BCUT2D eigenvalue weighted by Gasteiger charge is -2.33. The standard InChI is InChI=1S/C29H38N4O5/c1-18(2)17-23-27(35)30-16-15-20-11-13-22(14-12-20)38-26(21-9-7-6-8-10-21)24(28(36)31-23)32-29(37)25(19(3)34)33(4)5/h6-16,18-19,23-26,34H,17H2,1-5H3,(H,30,35)(H,31,36)(H,32,37)/t19-,23+,24+,25-,26+/m0/s1. The van der Waals surface area contributed by atoms with Crippen molar-refractivity contribution in [3.05, 3.63) is 71.9 Å². The molecule has 0 spiro atoms. The summed E-state index contributed by atoms with van der Waals surface area (Å²) in [5.41, 5.74) is 1.51. The van der Waals surface area contributed by atoms with Gasteiger partial charge in [0.2, 0.25) is 17.7 Å². The highest BCUT2D eigenvalue weighted by Crippen LogP contribution is 2.27. The van der Waals surface area contributed by atoms with Gasteiger partial charge in [-0.2, -0.15) is 0 Å². The predicted octanol–water partition coefficient (Wildman–Crippen LogP) is 2.23. The Bertz CT molecular complexity index is 1110. The van der Waals surface area contributed by atoms with Gasteiger partial charge in [0.25, 0.3) is 0 Å². The van der Waals surface area contributed by atoms with Gasteiger partial charge >= 0.3 is 0 Å². The second-order valence-corrected chi connectivity index (χ2v) is 10.2. The molecule has 2 bridgehead atoms. The molecule has 0 aromatic heterocycles. The number of carbonyl (C=O) groups is 3. The third-order valence-corrected chi connectivity index (χ3v) is 6.28. The van der Waals surface area contributed by atoms with Gasteiger partial charge in [-0.15, -0.1) is 0 Å². The minimum absolute atomic E-state index is 0.114. The molecular weight excluding hydrogens is 484 g/mol. The van der Waals surface area contributed by atoms with E-state index in [1.807, 2.05) is 56.3 Å². The van der Waals surface area contributed by atoms with Gasteiger partial charge < -0.3 is 25.8 Å². The zero-order valence-corrected chi connectivity index (χ0v) is 22.5. The van der Waals surface area contributed by atoms with Gasteiger partial charge in [0.15, 0.2) is 6.10 Å². The van der Waals surface area contributed by atoms with Crippen molar-refractivity contribution in [3.63, 3.8) is 0 Å². The van der Waals surface area contributed by atoms with Crippen LogP contribution in [0, 0.1) is 5.92 Å². The highest BCUT2D eigenvalue weighted by atomic mass is 16.5.